The van der Waals surface area contributed by atoms with Crippen LogP contribution in [0.2, 0.25) is 5.15 Å². The van der Waals surface area contributed by atoms with Gasteiger partial charge in [0.1, 0.15) is 5.15 Å². The second-order valence-electron chi connectivity index (χ2n) is 8.89. The van der Waals surface area contributed by atoms with Crippen molar-refractivity contribution in [1.82, 2.24) is 19.5 Å². The lowest BCUT2D eigenvalue weighted by molar-refractivity contribution is 0.0606. The number of benzene rings is 1. The van der Waals surface area contributed by atoms with Crippen LogP contribution >= 0.6 is 23.5 Å². The molecule has 1 aliphatic carbocycles. The Morgan fingerprint density at radius 2 is 2.00 bits per heavy atom. The number of likely N-dealkylation sites (tertiary alicyclic amines) is 1. The molecule has 3 aromatic rings. The number of nitrogens with zero attached hydrogens (tertiary/aromatic N) is 4. The van der Waals surface area contributed by atoms with E-state index in [2.05, 4.69) is 4.72 Å². The van der Waals surface area contributed by atoms with Crippen LogP contribution in [0.25, 0.3) is 5.65 Å². The quantitative estimate of drug-likeness (QED) is 0.370. The Labute approximate surface area is 197 Å². The van der Waals surface area contributed by atoms with Gasteiger partial charge in [0, 0.05) is 30.3 Å². The van der Waals surface area contributed by atoms with Gasteiger partial charge in [-0.05, 0) is 58.1 Å². The van der Waals surface area contributed by atoms with Crippen LogP contribution < -0.4 is 4.72 Å². The van der Waals surface area contributed by atoms with Crippen LogP contribution in [0.1, 0.15) is 76.9 Å². The van der Waals surface area contributed by atoms with Crippen LogP contribution in [0.3, 0.4) is 0 Å². The first-order valence-electron chi connectivity index (χ1n) is 11.2. The molecule has 5 rings (SSSR count). The summed E-state index contributed by atoms with van der Waals surface area (Å²) in [6.45, 7) is 4.76. The standard InChI is InChI=1S/C24H28ClN5OS/c1-14-7-10-18(28-32-3)17(12-14)24(31)29-11-5-4-6-20(29)19-13-21-26-22(16-8-9-16)15(2)23(25)30(21)27-19/h7,10,12-13,16,20,28H,4-6,8-9,11H2,1-3H3. The smallest absolute Gasteiger partial charge is 0.256 e. The molecule has 3 heterocycles. The van der Waals surface area contributed by atoms with Gasteiger partial charge in [0.15, 0.2) is 5.65 Å². The summed E-state index contributed by atoms with van der Waals surface area (Å²) in [5.74, 6) is 0.563. The fraction of sp³-hybridized carbons (Fsp3) is 0.458. The summed E-state index contributed by atoms with van der Waals surface area (Å²) < 4.78 is 5.00. The van der Waals surface area contributed by atoms with Crippen LogP contribution in [0.5, 0.6) is 0 Å². The van der Waals surface area contributed by atoms with E-state index >= 15 is 0 Å². The minimum absolute atomic E-state index is 0.0425. The summed E-state index contributed by atoms with van der Waals surface area (Å²) in [5, 5.41) is 5.46. The van der Waals surface area contributed by atoms with Gasteiger partial charge in [-0.1, -0.05) is 35.2 Å². The highest BCUT2D eigenvalue weighted by atomic mass is 35.5. The minimum Gasteiger partial charge on any atom is -0.330 e. The van der Waals surface area contributed by atoms with E-state index in [1.165, 1.54) is 24.8 Å². The summed E-state index contributed by atoms with van der Waals surface area (Å²) in [6.07, 6.45) is 7.27. The monoisotopic (exact) mass is 469 g/mol. The lowest BCUT2D eigenvalue weighted by Gasteiger charge is -2.35. The first-order chi connectivity index (χ1) is 15.5. The molecule has 1 aliphatic heterocycles. The van der Waals surface area contributed by atoms with Gasteiger partial charge in [0.25, 0.3) is 5.91 Å². The molecule has 0 bridgehead atoms. The Morgan fingerprint density at radius 3 is 2.75 bits per heavy atom. The number of nitrogens with one attached hydrogen (secondary N) is 1. The Balaban J connectivity index is 1.53. The number of anilines is 1. The number of halogens is 1. The molecular weight excluding hydrogens is 442 g/mol. The maximum atomic E-state index is 13.7. The van der Waals surface area contributed by atoms with E-state index in [4.69, 9.17) is 21.7 Å². The number of aryl methyl sites for hydroxylation is 1. The fourth-order valence-corrected chi connectivity index (χ4v) is 5.29. The van der Waals surface area contributed by atoms with Crippen molar-refractivity contribution in [2.75, 3.05) is 17.5 Å². The average molecular weight is 470 g/mol. The SMILES string of the molecule is CSNc1ccc(C)cc1C(=O)N1CCCCC1c1cc2nc(C3CC3)c(C)c(Cl)n2n1. The van der Waals surface area contributed by atoms with Gasteiger partial charge >= 0.3 is 0 Å². The lowest BCUT2D eigenvalue weighted by atomic mass is 9.97. The van der Waals surface area contributed by atoms with Gasteiger partial charge in [-0.3, -0.25) is 4.79 Å². The van der Waals surface area contributed by atoms with E-state index in [0.717, 1.165) is 59.7 Å². The molecule has 1 unspecified atom stereocenters. The second-order valence-corrected chi connectivity index (χ2v) is 9.86. The number of carbonyl (C=O) groups excluding carboxylic acids is 1. The minimum atomic E-state index is -0.0821. The van der Waals surface area contributed by atoms with Crippen molar-refractivity contribution in [1.29, 1.82) is 0 Å². The van der Waals surface area contributed by atoms with Crippen LogP contribution in [-0.2, 0) is 0 Å². The van der Waals surface area contributed by atoms with Crippen LogP contribution in [0.4, 0.5) is 5.69 Å². The number of fused-ring (bicyclic) bond motifs is 1. The molecular formula is C24H28ClN5OS. The third-order valence-corrected chi connectivity index (χ3v) is 7.38. The number of hydrogen-bond acceptors (Lipinski definition) is 5. The summed E-state index contributed by atoms with van der Waals surface area (Å²) in [4.78, 5) is 20.6. The zero-order chi connectivity index (χ0) is 22.4. The van der Waals surface area contributed by atoms with Crippen molar-refractivity contribution in [2.24, 2.45) is 0 Å². The van der Waals surface area contributed by atoms with Crippen molar-refractivity contribution in [3.63, 3.8) is 0 Å². The van der Waals surface area contributed by atoms with E-state index in [0.29, 0.717) is 16.6 Å². The number of rotatable bonds is 5. The van der Waals surface area contributed by atoms with Crippen LogP contribution in [-0.4, -0.2) is 38.2 Å². The Kier molecular flexibility index (Phi) is 5.80. The van der Waals surface area contributed by atoms with Crippen molar-refractivity contribution in [3.8, 4) is 0 Å². The van der Waals surface area contributed by atoms with E-state index in [1.54, 1.807) is 4.52 Å². The van der Waals surface area contributed by atoms with E-state index < -0.39 is 0 Å². The predicted octanol–water partition coefficient (Wildman–Crippen LogP) is 5.93. The number of carbonyl (C=O) groups is 1. The maximum Gasteiger partial charge on any atom is 0.256 e. The molecule has 1 saturated heterocycles. The highest BCUT2D eigenvalue weighted by Gasteiger charge is 2.33. The first kappa shape index (κ1) is 21.6. The molecule has 8 heteroatoms. The summed E-state index contributed by atoms with van der Waals surface area (Å²) >= 11 is 8.18. The van der Waals surface area contributed by atoms with Crippen LogP contribution in [0, 0.1) is 13.8 Å². The van der Waals surface area contributed by atoms with Crippen molar-refractivity contribution in [2.45, 2.75) is 57.9 Å². The lowest BCUT2D eigenvalue weighted by Crippen LogP contribution is -2.39. The summed E-state index contributed by atoms with van der Waals surface area (Å²) in [7, 11) is 0. The Hall–Kier alpha value is -2.25. The fourth-order valence-electron chi connectivity index (χ4n) is 4.67. The molecule has 0 spiro atoms. The van der Waals surface area contributed by atoms with Crippen LogP contribution in [0.15, 0.2) is 24.3 Å². The van der Waals surface area contributed by atoms with Gasteiger partial charge in [0.05, 0.1) is 28.7 Å². The second kappa shape index (κ2) is 8.60. The van der Waals surface area contributed by atoms with E-state index in [1.807, 2.05) is 49.3 Å². The molecule has 1 saturated carbocycles. The molecule has 6 nitrogen and oxygen atoms in total. The summed E-state index contributed by atoms with van der Waals surface area (Å²) in [6, 6.07) is 7.92. The van der Waals surface area contributed by atoms with Gasteiger partial charge in [-0.25, -0.2) is 9.50 Å². The highest BCUT2D eigenvalue weighted by Crippen LogP contribution is 2.42. The van der Waals surface area contributed by atoms with Crippen molar-refractivity contribution in [3.05, 3.63) is 57.5 Å². The normalized spacial score (nSPS) is 18.9. The third kappa shape index (κ3) is 3.86. The molecule has 32 heavy (non-hydrogen) atoms. The molecule has 2 aliphatic rings. The number of aromatic nitrogens is 3. The van der Waals surface area contributed by atoms with Gasteiger partial charge in [0.2, 0.25) is 0 Å². The maximum absolute atomic E-state index is 13.7. The average Bonchev–Trinajstić information content (AvgIpc) is 3.55. The number of hydrogen-bond donors (Lipinski definition) is 1. The van der Waals surface area contributed by atoms with Crippen molar-refractivity contribution < 1.29 is 4.79 Å². The number of piperidine rings is 1. The largest absolute Gasteiger partial charge is 0.330 e. The Bertz CT molecular complexity index is 1190. The summed E-state index contributed by atoms with van der Waals surface area (Å²) in [5.41, 5.74) is 6.38. The molecule has 1 aromatic carbocycles. The van der Waals surface area contributed by atoms with Gasteiger partial charge in [-0.15, -0.1) is 0 Å². The zero-order valence-corrected chi connectivity index (χ0v) is 20.3. The van der Waals surface area contributed by atoms with E-state index in [-0.39, 0.29) is 11.9 Å². The van der Waals surface area contributed by atoms with Gasteiger partial charge in [-0.2, -0.15) is 5.10 Å². The number of amides is 1. The molecule has 2 aromatic heterocycles. The third-order valence-electron chi connectivity index (χ3n) is 6.51. The molecule has 1 atom stereocenters. The van der Waals surface area contributed by atoms with E-state index in [9.17, 15) is 4.79 Å². The van der Waals surface area contributed by atoms with Gasteiger partial charge < -0.3 is 9.62 Å². The highest BCUT2D eigenvalue weighted by molar-refractivity contribution is 7.99. The molecule has 1 amide bonds. The molecule has 2 fully saturated rings. The first-order valence-corrected chi connectivity index (χ1v) is 12.8. The van der Waals surface area contributed by atoms with Crippen molar-refractivity contribution >= 4 is 40.8 Å². The molecule has 0 radical (unpaired) electrons. The molecule has 1 N–H and O–H groups in total. The zero-order valence-electron chi connectivity index (χ0n) is 18.7. The molecule has 168 valence electrons. The Morgan fingerprint density at radius 1 is 1.19 bits per heavy atom. The predicted molar refractivity (Wildman–Crippen MR) is 131 cm³/mol. The topological polar surface area (TPSA) is 62.5 Å².